The van der Waals surface area contributed by atoms with Crippen LogP contribution < -0.4 is 0 Å². The smallest absolute Gasteiger partial charge is 0.237 e. The van der Waals surface area contributed by atoms with Crippen molar-refractivity contribution < 1.29 is 21.6 Å². The molecule has 24 heavy (non-hydrogen) atoms. The quantitative estimate of drug-likeness (QED) is 0.500. The van der Waals surface area contributed by atoms with Crippen LogP contribution in [0.4, 0.5) is 13.2 Å². The van der Waals surface area contributed by atoms with E-state index in [1.54, 1.807) is 40.8 Å². The van der Waals surface area contributed by atoms with Crippen LogP contribution in [0, 0.1) is 3.70 Å². The predicted molar refractivity (Wildman–Crippen MR) is 91.5 cm³/mol. The minimum Gasteiger partial charge on any atom is -0.237 e. The van der Waals surface area contributed by atoms with Gasteiger partial charge in [-0.1, -0.05) is 29.8 Å². The van der Waals surface area contributed by atoms with E-state index in [4.69, 9.17) is 11.6 Å². The number of hydrogen-bond acceptors (Lipinski definition) is 3. The number of halogens is 5. The van der Waals surface area contributed by atoms with Gasteiger partial charge in [-0.25, -0.2) is 17.4 Å². The first-order valence-electron chi connectivity index (χ1n) is 6.37. The summed E-state index contributed by atoms with van der Waals surface area (Å²) in [5, 5.41) is -0.650. The molecule has 0 saturated carbocycles. The number of fused-ring (bicyclic) bond motifs is 1. The first-order valence-corrected chi connectivity index (χ1v) is 9.27. The van der Waals surface area contributed by atoms with Crippen LogP contribution in [0.2, 0.25) is 5.02 Å². The highest BCUT2D eigenvalue weighted by Gasteiger charge is 2.35. The predicted octanol–water partition coefficient (Wildman–Crippen LogP) is 4.55. The van der Waals surface area contributed by atoms with E-state index in [1.165, 1.54) is 18.2 Å². The lowest BCUT2D eigenvalue weighted by atomic mass is 10.2. The Balaban J connectivity index is 2.32. The zero-order valence-corrected chi connectivity index (χ0v) is 15.3. The van der Waals surface area contributed by atoms with E-state index in [9.17, 15) is 21.6 Å². The Labute approximate surface area is 153 Å². The highest BCUT2D eigenvalue weighted by molar-refractivity contribution is 14.1. The first kappa shape index (κ1) is 17.5. The molecule has 0 bridgehead atoms. The first-order chi connectivity index (χ1) is 11.1. The molecule has 4 nitrogen and oxygen atoms in total. The average molecular weight is 487 g/mol. The lowest BCUT2D eigenvalue weighted by Crippen LogP contribution is -2.15. The van der Waals surface area contributed by atoms with E-state index in [0.717, 1.165) is 3.97 Å². The van der Waals surface area contributed by atoms with E-state index >= 15 is 0 Å². The number of rotatable bonds is 2. The van der Waals surface area contributed by atoms with Gasteiger partial charge in [-0.2, -0.15) is 13.2 Å². The maximum atomic E-state index is 12.9. The maximum absolute atomic E-state index is 12.9. The van der Waals surface area contributed by atoms with Crippen LogP contribution in [0.5, 0.6) is 0 Å². The molecule has 3 aromatic rings. The molecule has 3 rings (SSSR count). The van der Waals surface area contributed by atoms with Gasteiger partial charge in [0.1, 0.15) is 0 Å². The number of alkyl halides is 3. The van der Waals surface area contributed by atoms with E-state index in [1.807, 2.05) is 0 Å². The van der Waals surface area contributed by atoms with Crippen molar-refractivity contribution in [3.05, 3.63) is 56.9 Å². The summed E-state index contributed by atoms with van der Waals surface area (Å²) in [7, 11) is -4.01. The van der Waals surface area contributed by atoms with Crippen LogP contribution in [0.1, 0.15) is 5.56 Å². The van der Waals surface area contributed by atoms with E-state index in [2.05, 4.69) is 4.98 Å². The molecule has 1 aromatic carbocycles. The molecular formula is C14H7ClF3IN2O2S. The van der Waals surface area contributed by atoms with Gasteiger partial charge < -0.3 is 0 Å². The van der Waals surface area contributed by atoms with Gasteiger partial charge in [-0.15, -0.1) is 0 Å². The van der Waals surface area contributed by atoms with Crippen LogP contribution in [0.25, 0.3) is 11.0 Å². The Bertz CT molecular complexity index is 1030. The summed E-state index contributed by atoms with van der Waals surface area (Å²) in [6.45, 7) is 0. The average Bonchev–Trinajstić information content (AvgIpc) is 2.85. The fourth-order valence-electron chi connectivity index (χ4n) is 2.19. The molecule has 10 heteroatoms. The Morgan fingerprint density at radius 2 is 1.79 bits per heavy atom. The van der Waals surface area contributed by atoms with Crippen LogP contribution in [0.3, 0.4) is 0 Å². The van der Waals surface area contributed by atoms with Gasteiger partial charge in [0, 0.05) is 11.6 Å². The SMILES string of the molecule is O=S(=O)(c1ccccc1)n1c(I)cc2c(Cl)c(C(F)(F)F)cnc21. The van der Waals surface area contributed by atoms with Crippen LogP contribution in [0.15, 0.2) is 47.5 Å². The highest BCUT2D eigenvalue weighted by Crippen LogP contribution is 2.39. The third kappa shape index (κ3) is 2.78. The molecule has 0 aliphatic carbocycles. The molecule has 0 unspecified atom stereocenters. The molecule has 0 amide bonds. The van der Waals surface area contributed by atoms with Crippen molar-refractivity contribution in [1.82, 2.24) is 8.96 Å². The van der Waals surface area contributed by atoms with Gasteiger partial charge >= 0.3 is 6.18 Å². The molecule has 0 N–H and O–H groups in total. The second kappa shape index (κ2) is 5.88. The van der Waals surface area contributed by atoms with E-state index in [0.29, 0.717) is 6.20 Å². The summed E-state index contributed by atoms with van der Waals surface area (Å²) in [6.07, 6.45) is -4.14. The standard InChI is InChI=1S/C14H7ClF3IN2O2S/c15-12-9-6-11(19)21(13(9)20-7-10(12)14(16,17)18)24(22,23)8-4-2-1-3-5-8/h1-7H. The Kier molecular flexibility index (Phi) is 4.29. The highest BCUT2D eigenvalue weighted by atomic mass is 127. The zero-order chi connectivity index (χ0) is 17.7. The third-order valence-electron chi connectivity index (χ3n) is 3.27. The lowest BCUT2D eigenvalue weighted by Gasteiger charge is -2.11. The summed E-state index contributed by atoms with van der Waals surface area (Å²) in [6, 6.07) is 8.80. The second-order valence-corrected chi connectivity index (χ2v) is 8.04. The summed E-state index contributed by atoms with van der Waals surface area (Å²) in [5.74, 6) is 0. The Hall–Kier alpha value is -1.33. The van der Waals surface area contributed by atoms with Crippen molar-refractivity contribution in [3.8, 4) is 0 Å². The summed E-state index contributed by atoms with van der Waals surface area (Å²) < 4.78 is 65.4. The van der Waals surface area contributed by atoms with Crippen LogP contribution in [-0.4, -0.2) is 17.4 Å². The molecule has 2 aromatic heterocycles. The van der Waals surface area contributed by atoms with Crippen molar-refractivity contribution in [2.24, 2.45) is 0 Å². The molecule has 2 heterocycles. The van der Waals surface area contributed by atoms with Gasteiger partial charge in [-0.05, 0) is 40.8 Å². The molecule has 126 valence electrons. The minimum atomic E-state index is -4.68. The van der Waals surface area contributed by atoms with Gasteiger partial charge in [-0.3, -0.25) is 0 Å². The van der Waals surface area contributed by atoms with Crippen molar-refractivity contribution in [2.45, 2.75) is 11.1 Å². The summed E-state index contributed by atoms with van der Waals surface area (Å²) in [4.78, 5) is 3.69. The molecule has 0 aliphatic heterocycles. The van der Waals surface area contributed by atoms with Crippen molar-refractivity contribution in [3.63, 3.8) is 0 Å². The lowest BCUT2D eigenvalue weighted by molar-refractivity contribution is -0.137. The maximum Gasteiger partial charge on any atom is 0.419 e. The fraction of sp³-hybridized carbons (Fsp3) is 0.0714. The van der Waals surface area contributed by atoms with Crippen molar-refractivity contribution in [1.29, 1.82) is 0 Å². The van der Waals surface area contributed by atoms with Gasteiger partial charge in [0.15, 0.2) is 5.65 Å². The van der Waals surface area contributed by atoms with Crippen LogP contribution >= 0.6 is 34.2 Å². The van der Waals surface area contributed by atoms with Crippen molar-refractivity contribution in [2.75, 3.05) is 0 Å². The van der Waals surface area contributed by atoms with Crippen molar-refractivity contribution >= 4 is 55.2 Å². The largest absolute Gasteiger partial charge is 0.419 e. The topological polar surface area (TPSA) is 52.0 Å². The number of nitrogens with zero attached hydrogens (tertiary/aromatic N) is 2. The van der Waals surface area contributed by atoms with Gasteiger partial charge in [0.05, 0.1) is 19.2 Å². The Morgan fingerprint density at radius 3 is 2.38 bits per heavy atom. The zero-order valence-electron chi connectivity index (χ0n) is 11.6. The molecule has 0 fully saturated rings. The fourth-order valence-corrected chi connectivity index (χ4v) is 5.17. The summed E-state index contributed by atoms with van der Waals surface area (Å²) in [5.41, 5.74) is -1.26. The number of hydrogen-bond donors (Lipinski definition) is 0. The van der Waals surface area contributed by atoms with E-state index < -0.39 is 26.8 Å². The van der Waals surface area contributed by atoms with Gasteiger partial charge in [0.25, 0.3) is 10.0 Å². The summed E-state index contributed by atoms with van der Waals surface area (Å²) >= 11 is 7.55. The molecule has 0 radical (unpaired) electrons. The molecule has 0 saturated heterocycles. The van der Waals surface area contributed by atoms with E-state index in [-0.39, 0.29) is 19.6 Å². The second-order valence-electron chi connectivity index (χ2n) is 4.77. The number of pyridine rings is 1. The monoisotopic (exact) mass is 486 g/mol. The molecule has 0 aliphatic rings. The normalized spacial score (nSPS) is 12.7. The van der Waals surface area contributed by atoms with Gasteiger partial charge in [0.2, 0.25) is 0 Å². The molecular weight excluding hydrogens is 480 g/mol. The number of aromatic nitrogens is 2. The van der Waals surface area contributed by atoms with Crippen LogP contribution in [-0.2, 0) is 16.2 Å². The third-order valence-corrected chi connectivity index (χ3v) is 6.51. The molecule has 0 spiro atoms. The minimum absolute atomic E-state index is 0.00163. The number of benzene rings is 1. The Morgan fingerprint density at radius 1 is 1.17 bits per heavy atom. The molecule has 0 atom stereocenters.